The summed E-state index contributed by atoms with van der Waals surface area (Å²) in [5, 5.41) is 0. The second-order valence-electron chi connectivity index (χ2n) is 4.19. The van der Waals surface area contributed by atoms with Gasteiger partial charge in [-0.3, -0.25) is 0 Å². The molecule has 1 aliphatic rings. The second-order valence-corrected chi connectivity index (χ2v) is 5.05. The first-order chi connectivity index (χ1) is 7.20. The zero-order chi connectivity index (χ0) is 10.8. The fraction of sp³-hybridized carbons (Fsp3) is 0.500. The van der Waals surface area contributed by atoms with Gasteiger partial charge in [0, 0.05) is 23.2 Å². The predicted molar refractivity (Wildman–Crippen MR) is 69.2 cm³/mol. The molecule has 2 N–H and O–H groups in total. The van der Waals surface area contributed by atoms with E-state index in [4.69, 9.17) is 5.73 Å². The highest BCUT2D eigenvalue weighted by molar-refractivity contribution is 9.10. The number of nitrogens with zero attached hydrogens (tertiary/aromatic N) is 1. The number of halogens is 1. The lowest BCUT2D eigenvalue weighted by molar-refractivity contribution is 0.741. The summed E-state index contributed by atoms with van der Waals surface area (Å²) in [7, 11) is 0. The molecule has 2 nitrogen and oxygen atoms in total. The molecule has 1 aromatic carbocycles. The minimum absolute atomic E-state index is 0.813. The van der Waals surface area contributed by atoms with Crippen LogP contribution < -0.4 is 10.6 Å². The smallest absolute Gasteiger partial charge is 0.0512 e. The maximum absolute atomic E-state index is 5.73. The Kier molecular flexibility index (Phi) is 3.19. The summed E-state index contributed by atoms with van der Waals surface area (Å²) in [4.78, 5) is 2.42. The molecule has 0 saturated heterocycles. The lowest BCUT2D eigenvalue weighted by Gasteiger charge is -2.24. The Labute approximate surface area is 99.6 Å². The maximum Gasteiger partial charge on any atom is 0.0512 e. The molecular weight excluding hydrogens is 252 g/mol. The van der Waals surface area contributed by atoms with Crippen LogP contribution in [0.2, 0.25) is 0 Å². The average molecular weight is 269 g/mol. The third-order valence-corrected chi connectivity index (χ3v) is 3.50. The van der Waals surface area contributed by atoms with Crippen LogP contribution in [-0.4, -0.2) is 13.1 Å². The van der Waals surface area contributed by atoms with Crippen molar-refractivity contribution in [2.75, 3.05) is 23.7 Å². The summed E-state index contributed by atoms with van der Waals surface area (Å²) < 4.78 is 1.10. The SMILES string of the molecule is CCN(CC1CC1)c1ccc(N)cc1Br. The molecule has 0 bridgehead atoms. The molecule has 0 spiro atoms. The average Bonchev–Trinajstić information content (AvgIpc) is 2.99. The molecule has 82 valence electrons. The zero-order valence-electron chi connectivity index (χ0n) is 9.04. The van der Waals surface area contributed by atoms with Gasteiger partial charge in [0.05, 0.1) is 5.69 Å². The van der Waals surface area contributed by atoms with E-state index in [1.54, 1.807) is 0 Å². The molecule has 1 aromatic rings. The van der Waals surface area contributed by atoms with Crippen molar-refractivity contribution in [2.45, 2.75) is 19.8 Å². The van der Waals surface area contributed by atoms with Crippen molar-refractivity contribution in [3.05, 3.63) is 22.7 Å². The third-order valence-electron chi connectivity index (χ3n) is 2.87. The van der Waals surface area contributed by atoms with E-state index < -0.39 is 0 Å². The first-order valence-electron chi connectivity index (χ1n) is 5.50. The van der Waals surface area contributed by atoms with Crippen molar-refractivity contribution in [1.82, 2.24) is 0 Å². The Hall–Kier alpha value is -0.700. The van der Waals surface area contributed by atoms with E-state index in [0.717, 1.165) is 22.6 Å². The van der Waals surface area contributed by atoms with Crippen LogP contribution in [-0.2, 0) is 0 Å². The van der Waals surface area contributed by atoms with E-state index in [1.165, 1.54) is 25.1 Å². The summed E-state index contributed by atoms with van der Waals surface area (Å²) in [6.07, 6.45) is 2.78. The van der Waals surface area contributed by atoms with Crippen LogP contribution in [0, 0.1) is 5.92 Å². The fourth-order valence-electron chi connectivity index (χ4n) is 1.79. The summed E-state index contributed by atoms with van der Waals surface area (Å²) >= 11 is 3.58. The maximum atomic E-state index is 5.73. The number of benzene rings is 1. The fourth-order valence-corrected chi connectivity index (χ4v) is 2.44. The van der Waals surface area contributed by atoms with Gasteiger partial charge in [0.2, 0.25) is 0 Å². The van der Waals surface area contributed by atoms with E-state index in [1.807, 2.05) is 12.1 Å². The van der Waals surface area contributed by atoms with Gasteiger partial charge in [-0.25, -0.2) is 0 Å². The van der Waals surface area contributed by atoms with Gasteiger partial charge in [-0.05, 0) is 59.8 Å². The van der Waals surface area contributed by atoms with Crippen LogP contribution in [0.5, 0.6) is 0 Å². The van der Waals surface area contributed by atoms with Crippen LogP contribution in [0.4, 0.5) is 11.4 Å². The van der Waals surface area contributed by atoms with Gasteiger partial charge in [-0.2, -0.15) is 0 Å². The van der Waals surface area contributed by atoms with Gasteiger partial charge in [0.15, 0.2) is 0 Å². The lowest BCUT2D eigenvalue weighted by Crippen LogP contribution is -2.25. The van der Waals surface area contributed by atoms with Gasteiger partial charge in [-0.1, -0.05) is 0 Å². The second kappa shape index (κ2) is 4.44. The number of anilines is 2. The summed E-state index contributed by atoms with van der Waals surface area (Å²) in [5.74, 6) is 0.911. The number of nitrogen functional groups attached to an aromatic ring is 1. The van der Waals surface area contributed by atoms with E-state index >= 15 is 0 Å². The van der Waals surface area contributed by atoms with Crippen molar-refractivity contribution in [2.24, 2.45) is 5.92 Å². The Morgan fingerprint density at radius 1 is 1.47 bits per heavy atom. The van der Waals surface area contributed by atoms with Crippen molar-refractivity contribution < 1.29 is 0 Å². The topological polar surface area (TPSA) is 29.3 Å². The number of rotatable bonds is 4. The first-order valence-corrected chi connectivity index (χ1v) is 6.30. The van der Waals surface area contributed by atoms with Crippen molar-refractivity contribution in [3.63, 3.8) is 0 Å². The van der Waals surface area contributed by atoms with Gasteiger partial charge < -0.3 is 10.6 Å². The highest BCUT2D eigenvalue weighted by atomic mass is 79.9. The van der Waals surface area contributed by atoms with E-state index in [0.29, 0.717) is 0 Å². The van der Waals surface area contributed by atoms with Crippen molar-refractivity contribution in [1.29, 1.82) is 0 Å². The van der Waals surface area contributed by atoms with Gasteiger partial charge in [0.1, 0.15) is 0 Å². The molecule has 0 heterocycles. The molecule has 1 fully saturated rings. The zero-order valence-corrected chi connectivity index (χ0v) is 10.6. The first kappa shape index (κ1) is 10.8. The van der Waals surface area contributed by atoms with Crippen LogP contribution in [0.1, 0.15) is 19.8 Å². The molecule has 1 aliphatic carbocycles. The van der Waals surface area contributed by atoms with Crippen LogP contribution >= 0.6 is 15.9 Å². The molecule has 3 heteroatoms. The lowest BCUT2D eigenvalue weighted by atomic mass is 10.2. The molecule has 0 radical (unpaired) electrons. The molecule has 2 rings (SSSR count). The number of hydrogen-bond acceptors (Lipinski definition) is 2. The van der Waals surface area contributed by atoms with Gasteiger partial charge in [0.25, 0.3) is 0 Å². The molecule has 0 aliphatic heterocycles. The molecular formula is C12H17BrN2. The Morgan fingerprint density at radius 2 is 2.20 bits per heavy atom. The summed E-state index contributed by atoms with van der Waals surface area (Å²) in [6, 6.07) is 6.05. The van der Waals surface area contributed by atoms with Crippen molar-refractivity contribution >= 4 is 27.3 Å². The highest BCUT2D eigenvalue weighted by Gasteiger charge is 2.24. The quantitative estimate of drug-likeness (QED) is 0.850. The predicted octanol–water partition coefficient (Wildman–Crippen LogP) is 3.27. The molecule has 15 heavy (non-hydrogen) atoms. The molecule has 0 amide bonds. The normalized spacial score (nSPS) is 15.3. The molecule has 1 saturated carbocycles. The van der Waals surface area contributed by atoms with Crippen LogP contribution in [0.25, 0.3) is 0 Å². The summed E-state index contributed by atoms with van der Waals surface area (Å²) in [5.41, 5.74) is 7.81. The van der Waals surface area contributed by atoms with E-state index in [9.17, 15) is 0 Å². The van der Waals surface area contributed by atoms with Crippen molar-refractivity contribution in [3.8, 4) is 0 Å². The van der Waals surface area contributed by atoms with Gasteiger partial charge >= 0.3 is 0 Å². The minimum Gasteiger partial charge on any atom is -0.399 e. The Morgan fingerprint density at radius 3 is 2.73 bits per heavy atom. The Bertz CT molecular complexity index is 347. The van der Waals surface area contributed by atoms with E-state index in [2.05, 4.69) is 33.8 Å². The van der Waals surface area contributed by atoms with Gasteiger partial charge in [-0.15, -0.1) is 0 Å². The monoisotopic (exact) mass is 268 g/mol. The standard InChI is InChI=1S/C12H17BrN2/c1-2-15(8-9-3-4-9)12-6-5-10(14)7-11(12)13/h5-7,9H,2-4,8,14H2,1H3. The molecule has 0 aromatic heterocycles. The highest BCUT2D eigenvalue weighted by Crippen LogP contribution is 2.34. The molecule has 0 atom stereocenters. The van der Waals surface area contributed by atoms with Crippen LogP contribution in [0.15, 0.2) is 22.7 Å². The van der Waals surface area contributed by atoms with E-state index in [-0.39, 0.29) is 0 Å². The Balaban J connectivity index is 2.16. The third kappa shape index (κ3) is 2.65. The van der Waals surface area contributed by atoms with Crippen LogP contribution in [0.3, 0.4) is 0 Å². The number of hydrogen-bond donors (Lipinski definition) is 1. The minimum atomic E-state index is 0.813. The summed E-state index contributed by atoms with van der Waals surface area (Å²) in [6.45, 7) is 4.43. The largest absolute Gasteiger partial charge is 0.399 e. The number of nitrogens with two attached hydrogens (primary N) is 1. The molecule has 0 unspecified atom stereocenters.